The van der Waals surface area contributed by atoms with Crippen LogP contribution in [0.3, 0.4) is 0 Å². The Morgan fingerprint density at radius 3 is 2.40 bits per heavy atom. The highest BCUT2D eigenvalue weighted by Gasteiger charge is 2.29. The van der Waals surface area contributed by atoms with Crippen LogP contribution in [-0.4, -0.2) is 47.4 Å². The normalized spacial score (nSPS) is 11.9. The van der Waals surface area contributed by atoms with Crippen LogP contribution in [-0.2, 0) is 26.4 Å². The van der Waals surface area contributed by atoms with E-state index < -0.39 is 16.1 Å². The number of nitrogens with zero attached hydrogens (tertiary/aromatic N) is 5. The van der Waals surface area contributed by atoms with E-state index in [-0.39, 0.29) is 21.4 Å². The number of rotatable bonds is 7. The molecule has 0 aliphatic carbocycles. The SMILES string of the molecule is CCOC(OCC)c1c(C#N)cnn1-c1nn(C)c(S(C)(=O)=O)c1Cl. The predicted octanol–water partition coefficient (Wildman–Crippen LogP) is 1.61. The summed E-state index contributed by atoms with van der Waals surface area (Å²) in [5.74, 6) is 0.0745. The molecule has 0 aliphatic rings. The van der Waals surface area contributed by atoms with Crippen LogP contribution in [0.5, 0.6) is 0 Å². The minimum Gasteiger partial charge on any atom is -0.347 e. The Morgan fingerprint density at radius 1 is 1.36 bits per heavy atom. The molecule has 2 aromatic rings. The molecule has 2 aromatic heterocycles. The number of hydrogen-bond donors (Lipinski definition) is 0. The topological polar surface area (TPSA) is 112 Å². The van der Waals surface area contributed by atoms with E-state index in [0.29, 0.717) is 18.9 Å². The molecule has 0 saturated heterocycles. The quantitative estimate of drug-likeness (QED) is 0.663. The van der Waals surface area contributed by atoms with Gasteiger partial charge in [-0.2, -0.15) is 15.5 Å². The van der Waals surface area contributed by atoms with Gasteiger partial charge in [0.2, 0.25) is 6.29 Å². The highest BCUT2D eigenvalue weighted by molar-refractivity contribution is 7.90. The molecule has 9 nitrogen and oxygen atoms in total. The van der Waals surface area contributed by atoms with Gasteiger partial charge in [0.25, 0.3) is 0 Å². The van der Waals surface area contributed by atoms with E-state index >= 15 is 0 Å². The largest absolute Gasteiger partial charge is 0.347 e. The Kier molecular flexibility index (Phi) is 5.84. The number of aromatic nitrogens is 4. The second-order valence-electron chi connectivity index (χ2n) is 5.05. The molecule has 0 atom stereocenters. The maximum atomic E-state index is 11.9. The average Bonchev–Trinajstić information content (AvgIpc) is 3.06. The Labute approximate surface area is 150 Å². The number of aryl methyl sites for hydroxylation is 1. The summed E-state index contributed by atoms with van der Waals surface area (Å²) in [6.45, 7) is 4.25. The van der Waals surface area contributed by atoms with Crippen LogP contribution in [0.4, 0.5) is 0 Å². The Balaban J connectivity index is 2.70. The molecule has 0 spiro atoms. The summed E-state index contributed by atoms with van der Waals surface area (Å²) in [6.07, 6.45) is 1.49. The van der Waals surface area contributed by atoms with Crippen LogP contribution in [0.15, 0.2) is 11.2 Å². The van der Waals surface area contributed by atoms with Crippen molar-refractivity contribution in [2.45, 2.75) is 25.2 Å². The standard InChI is InChI=1S/C14H18ClN5O4S/c1-5-23-14(24-6-2)11-9(7-16)8-17-20(11)12-10(15)13(19(3)18-12)25(4,21)22/h8,14H,5-6H2,1-4H3. The molecule has 0 fully saturated rings. The summed E-state index contributed by atoms with van der Waals surface area (Å²) in [7, 11) is -2.14. The molecule has 0 amide bonds. The molecule has 0 N–H and O–H groups in total. The third-order valence-corrected chi connectivity index (χ3v) is 4.89. The summed E-state index contributed by atoms with van der Waals surface area (Å²) in [5.41, 5.74) is 0.515. The molecule has 136 valence electrons. The van der Waals surface area contributed by atoms with Crippen molar-refractivity contribution in [3.05, 3.63) is 22.5 Å². The molecule has 0 radical (unpaired) electrons. The van der Waals surface area contributed by atoms with Gasteiger partial charge in [-0.15, -0.1) is 0 Å². The zero-order valence-electron chi connectivity index (χ0n) is 14.2. The third kappa shape index (κ3) is 3.69. The fourth-order valence-corrected chi connectivity index (χ4v) is 3.95. The fourth-order valence-electron chi connectivity index (χ4n) is 2.36. The lowest BCUT2D eigenvalue weighted by atomic mass is 10.2. The Bertz CT molecular complexity index is 907. The van der Waals surface area contributed by atoms with E-state index in [0.717, 1.165) is 10.9 Å². The lowest BCUT2D eigenvalue weighted by Crippen LogP contribution is -2.16. The Hall–Kier alpha value is -1.93. The number of nitriles is 1. The van der Waals surface area contributed by atoms with Gasteiger partial charge in [-0.3, -0.25) is 4.68 Å². The molecular formula is C14H18ClN5O4S. The zero-order valence-corrected chi connectivity index (χ0v) is 15.8. The van der Waals surface area contributed by atoms with Gasteiger partial charge < -0.3 is 9.47 Å². The summed E-state index contributed by atoms with van der Waals surface area (Å²) in [5, 5.41) is 17.4. The van der Waals surface area contributed by atoms with Gasteiger partial charge in [0.15, 0.2) is 20.7 Å². The Morgan fingerprint density at radius 2 is 1.96 bits per heavy atom. The third-order valence-electron chi connectivity index (χ3n) is 3.26. The maximum Gasteiger partial charge on any atom is 0.202 e. The van der Waals surface area contributed by atoms with Crippen molar-refractivity contribution >= 4 is 21.4 Å². The van der Waals surface area contributed by atoms with Crippen molar-refractivity contribution in [3.8, 4) is 11.9 Å². The lowest BCUT2D eigenvalue weighted by Gasteiger charge is -2.18. The van der Waals surface area contributed by atoms with E-state index in [4.69, 9.17) is 21.1 Å². The molecule has 0 bridgehead atoms. The molecule has 11 heteroatoms. The number of ether oxygens (including phenoxy) is 2. The van der Waals surface area contributed by atoms with Gasteiger partial charge >= 0.3 is 0 Å². The summed E-state index contributed by atoms with van der Waals surface area (Å²) in [6, 6.07) is 2.01. The molecule has 0 unspecified atom stereocenters. The first kappa shape index (κ1) is 19.4. The second-order valence-corrected chi connectivity index (χ2v) is 7.36. The maximum absolute atomic E-state index is 11.9. The van der Waals surface area contributed by atoms with Crippen molar-refractivity contribution in [1.82, 2.24) is 19.6 Å². The van der Waals surface area contributed by atoms with Crippen LogP contribution in [0.2, 0.25) is 5.02 Å². The number of sulfone groups is 1. The summed E-state index contributed by atoms with van der Waals surface area (Å²) >= 11 is 6.24. The van der Waals surface area contributed by atoms with Gasteiger partial charge in [0.05, 0.1) is 11.8 Å². The minimum atomic E-state index is -3.60. The van der Waals surface area contributed by atoms with Crippen molar-refractivity contribution in [1.29, 1.82) is 5.26 Å². The van der Waals surface area contributed by atoms with Crippen LogP contribution in [0.1, 0.15) is 31.4 Å². The van der Waals surface area contributed by atoms with E-state index in [1.807, 2.05) is 6.07 Å². The van der Waals surface area contributed by atoms with Crippen LogP contribution < -0.4 is 0 Å². The lowest BCUT2D eigenvalue weighted by molar-refractivity contribution is -0.143. The summed E-state index contributed by atoms with van der Waals surface area (Å²) in [4.78, 5) is 0. The van der Waals surface area contributed by atoms with Gasteiger partial charge in [0, 0.05) is 26.5 Å². The van der Waals surface area contributed by atoms with Gasteiger partial charge in [-0.05, 0) is 13.8 Å². The monoisotopic (exact) mass is 387 g/mol. The van der Waals surface area contributed by atoms with Crippen molar-refractivity contribution in [2.24, 2.45) is 7.05 Å². The molecule has 0 saturated carbocycles. The fraction of sp³-hybridized carbons (Fsp3) is 0.500. The highest BCUT2D eigenvalue weighted by atomic mass is 35.5. The highest BCUT2D eigenvalue weighted by Crippen LogP contribution is 2.31. The van der Waals surface area contributed by atoms with E-state index in [1.54, 1.807) is 13.8 Å². The first-order valence-corrected chi connectivity index (χ1v) is 9.67. The van der Waals surface area contributed by atoms with Crippen LogP contribution >= 0.6 is 11.6 Å². The molecule has 0 aliphatic heterocycles. The van der Waals surface area contributed by atoms with Crippen LogP contribution in [0.25, 0.3) is 5.82 Å². The van der Waals surface area contributed by atoms with Crippen molar-refractivity contribution in [3.63, 3.8) is 0 Å². The smallest absolute Gasteiger partial charge is 0.202 e. The van der Waals surface area contributed by atoms with Gasteiger partial charge in [-0.25, -0.2) is 13.1 Å². The average molecular weight is 388 g/mol. The van der Waals surface area contributed by atoms with Gasteiger partial charge in [0.1, 0.15) is 16.8 Å². The van der Waals surface area contributed by atoms with Crippen molar-refractivity contribution < 1.29 is 17.9 Å². The number of halogens is 1. The van der Waals surface area contributed by atoms with E-state index in [2.05, 4.69) is 10.2 Å². The van der Waals surface area contributed by atoms with E-state index in [1.165, 1.54) is 17.9 Å². The molecule has 0 aromatic carbocycles. The molecule has 2 heterocycles. The number of hydrogen-bond acceptors (Lipinski definition) is 7. The molecular weight excluding hydrogens is 370 g/mol. The predicted molar refractivity (Wildman–Crippen MR) is 89.2 cm³/mol. The first-order valence-electron chi connectivity index (χ1n) is 7.40. The summed E-state index contributed by atoms with van der Waals surface area (Å²) < 4.78 is 37.4. The zero-order chi connectivity index (χ0) is 18.8. The molecule has 25 heavy (non-hydrogen) atoms. The first-order chi connectivity index (χ1) is 11.8. The van der Waals surface area contributed by atoms with Gasteiger partial charge in [-0.1, -0.05) is 11.6 Å². The van der Waals surface area contributed by atoms with E-state index in [9.17, 15) is 13.7 Å². The van der Waals surface area contributed by atoms with Crippen LogP contribution in [0, 0.1) is 11.3 Å². The van der Waals surface area contributed by atoms with Crippen molar-refractivity contribution in [2.75, 3.05) is 19.5 Å². The molecule has 2 rings (SSSR count). The minimum absolute atomic E-state index is 0.0745. The second kappa shape index (κ2) is 7.53.